The van der Waals surface area contributed by atoms with Crippen LogP contribution in [0.15, 0.2) is 29.3 Å². The Hall–Kier alpha value is -2.04. The van der Waals surface area contributed by atoms with Crippen molar-refractivity contribution < 1.29 is 13.3 Å². The third kappa shape index (κ3) is 4.03. The molecule has 0 radical (unpaired) electrons. The van der Waals surface area contributed by atoms with Gasteiger partial charge in [0, 0.05) is 17.1 Å². The Morgan fingerprint density at radius 3 is 2.70 bits per heavy atom. The first-order chi connectivity index (χ1) is 10.7. The maximum absolute atomic E-state index is 11.3. The van der Waals surface area contributed by atoms with Crippen molar-refractivity contribution in [2.24, 2.45) is 5.14 Å². The molecule has 1 aromatic carbocycles. The first-order valence-electron chi connectivity index (χ1n) is 6.74. The van der Waals surface area contributed by atoms with E-state index < -0.39 is 14.9 Å². The van der Waals surface area contributed by atoms with Gasteiger partial charge in [0.25, 0.3) is 5.69 Å². The number of nitrogens with one attached hydrogen (secondary N) is 1. The molecule has 1 atom stereocenters. The molecule has 2 aromatic rings. The molecule has 0 saturated carbocycles. The van der Waals surface area contributed by atoms with E-state index in [1.165, 1.54) is 23.5 Å². The predicted octanol–water partition coefficient (Wildman–Crippen LogP) is 2.43. The van der Waals surface area contributed by atoms with Crippen LogP contribution in [0.3, 0.4) is 0 Å². The number of nitro groups is 1. The number of nitro benzene ring substituents is 1. The average Bonchev–Trinajstić information content (AvgIpc) is 2.95. The molecule has 124 valence electrons. The van der Waals surface area contributed by atoms with E-state index >= 15 is 0 Å². The molecule has 1 aromatic heterocycles. The van der Waals surface area contributed by atoms with Gasteiger partial charge in [-0.25, -0.2) is 18.5 Å². The van der Waals surface area contributed by atoms with Crippen LogP contribution in [0, 0.1) is 10.1 Å². The van der Waals surface area contributed by atoms with E-state index in [4.69, 9.17) is 5.14 Å². The minimum atomic E-state index is -4.00. The van der Waals surface area contributed by atoms with Gasteiger partial charge in [-0.2, -0.15) is 0 Å². The Morgan fingerprint density at radius 2 is 2.17 bits per heavy atom. The first-order valence-corrected chi connectivity index (χ1v) is 9.11. The lowest BCUT2D eigenvalue weighted by molar-refractivity contribution is -0.384. The number of hydrogen-bond donors (Lipinski definition) is 2. The predicted molar refractivity (Wildman–Crippen MR) is 88.0 cm³/mol. The molecule has 23 heavy (non-hydrogen) atoms. The largest absolute Gasteiger partial charge is 0.371 e. The molecule has 0 aliphatic rings. The molecule has 0 amide bonds. The van der Waals surface area contributed by atoms with E-state index in [-0.39, 0.29) is 22.3 Å². The smallest absolute Gasteiger partial charge is 0.293 e. The van der Waals surface area contributed by atoms with Crippen molar-refractivity contribution in [2.45, 2.75) is 31.2 Å². The van der Waals surface area contributed by atoms with Gasteiger partial charge in [0.1, 0.15) is 10.7 Å². The van der Waals surface area contributed by atoms with Crippen LogP contribution >= 0.6 is 11.3 Å². The molecule has 0 aliphatic carbocycles. The summed E-state index contributed by atoms with van der Waals surface area (Å²) in [6.45, 7) is 3.85. The van der Waals surface area contributed by atoms with Crippen LogP contribution in [0.2, 0.25) is 0 Å². The molecule has 0 spiro atoms. The average molecular weight is 356 g/mol. The van der Waals surface area contributed by atoms with Crippen molar-refractivity contribution in [3.8, 4) is 0 Å². The van der Waals surface area contributed by atoms with Crippen molar-refractivity contribution in [1.82, 2.24) is 4.98 Å². The van der Waals surface area contributed by atoms with E-state index in [1.54, 1.807) is 6.20 Å². The Morgan fingerprint density at radius 1 is 1.48 bits per heavy atom. The Balaban J connectivity index is 2.33. The maximum Gasteiger partial charge on any atom is 0.293 e. The summed E-state index contributed by atoms with van der Waals surface area (Å²) in [5.41, 5.74) is -0.140. The van der Waals surface area contributed by atoms with E-state index in [0.717, 1.165) is 22.4 Å². The lowest BCUT2D eigenvalue weighted by atomic mass is 10.2. The van der Waals surface area contributed by atoms with Gasteiger partial charge >= 0.3 is 0 Å². The number of hydrogen-bond acceptors (Lipinski definition) is 7. The quantitative estimate of drug-likeness (QED) is 0.604. The van der Waals surface area contributed by atoms with Gasteiger partial charge in [0.05, 0.1) is 15.9 Å². The molecule has 0 saturated heterocycles. The molecular formula is C13H16N4O4S2. The summed E-state index contributed by atoms with van der Waals surface area (Å²) in [4.78, 5) is 15.6. The number of nitrogens with two attached hydrogens (primary N) is 1. The zero-order valence-electron chi connectivity index (χ0n) is 12.5. The summed E-state index contributed by atoms with van der Waals surface area (Å²) >= 11 is 1.52. The molecule has 1 heterocycles. The SMILES string of the molecule is CCc1cnc(C(C)Nc2ccc(S(N)(=O)=O)cc2[N+](=O)[O-])s1. The summed E-state index contributed by atoms with van der Waals surface area (Å²) in [6.07, 6.45) is 2.64. The zero-order valence-corrected chi connectivity index (χ0v) is 14.1. The molecule has 0 bridgehead atoms. The monoisotopic (exact) mass is 356 g/mol. The molecule has 10 heteroatoms. The summed E-state index contributed by atoms with van der Waals surface area (Å²) in [5.74, 6) is 0. The number of aryl methyl sites for hydroxylation is 1. The highest BCUT2D eigenvalue weighted by Crippen LogP contribution is 2.31. The van der Waals surface area contributed by atoms with Crippen molar-refractivity contribution in [2.75, 3.05) is 5.32 Å². The van der Waals surface area contributed by atoms with Crippen molar-refractivity contribution >= 4 is 32.7 Å². The van der Waals surface area contributed by atoms with Crippen LogP contribution in [-0.4, -0.2) is 18.3 Å². The summed E-state index contributed by atoms with van der Waals surface area (Å²) in [6, 6.07) is 3.27. The Bertz CT molecular complexity index is 832. The fraction of sp³-hybridized carbons (Fsp3) is 0.308. The number of thiazole rings is 1. The van der Waals surface area contributed by atoms with E-state index in [2.05, 4.69) is 10.3 Å². The van der Waals surface area contributed by atoms with Crippen LogP contribution < -0.4 is 10.5 Å². The summed E-state index contributed by atoms with van der Waals surface area (Å²) < 4.78 is 22.6. The van der Waals surface area contributed by atoms with Crippen LogP contribution in [0.5, 0.6) is 0 Å². The molecule has 1 unspecified atom stereocenters. The van der Waals surface area contributed by atoms with E-state index in [1.807, 2.05) is 13.8 Å². The second-order valence-electron chi connectivity index (χ2n) is 4.87. The van der Waals surface area contributed by atoms with Gasteiger partial charge in [-0.05, 0) is 25.5 Å². The number of benzene rings is 1. The highest BCUT2D eigenvalue weighted by molar-refractivity contribution is 7.89. The van der Waals surface area contributed by atoms with Gasteiger partial charge in [-0.15, -0.1) is 11.3 Å². The van der Waals surface area contributed by atoms with Crippen LogP contribution in [0.4, 0.5) is 11.4 Å². The number of aromatic nitrogens is 1. The lowest BCUT2D eigenvalue weighted by Crippen LogP contribution is -2.13. The Kier molecular flexibility index (Phi) is 4.97. The number of sulfonamides is 1. The molecular weight excluding hydrogens is 340 g/mol. The first kappa shape index (κ1) is 17.3. The second kappa shape index (κ2) is 6.60. The van der Waals surface area contributed by atoms with Gasteiger partial charge in [0.15, 0.2) is 0 Å². The van der Waals surface area contributed by atoms with Crippen LogP contribution in [0.1, 0.15) is 29.8 Å². The standard InChI is InChI=1S/C13H16N4O4S2/c1-3-9-7-15-13(22-9)8(2)16-11-5-4-10(23(14,20)21)6-12(11)17(18)19/h4-8,16H,3H2,1-2H3,(H2,14,20,21). The van der Waals surface area contributed by atoms with Crippen molar-refractivity contribution in [3.63, 3.8) is 0 Å². The number of anilines is 1. The van der Waals surface area contributed by atoms with Crippen LogP contribution in [-0.2, 0) is 16.4 Å². The third-order valence-corrected chi connectivity index (χ3v) is 5.39. The van der Waals surface area contributed by atoms with E-state index in [9.17, 15) is 18.5 Å². The molecule has 2 rings (SSSR count). The second-order valence-corrected chi connectivity index (χ2v) is 7.57. The van der Waals surface area contributed by atoms with Gasteiger partial charge in [-0.3, -0.25) is 10.1 Å². The van der Waals surface area contributed by atoms with Crippen molar-refractivity contribution in [3.05, 3.63) is 44.4 Å². The minimum Gasteiger partial charge on any atom is -0.371 e. The maximum atomic E-state index is 11.3. The number of rotatable bonds is 6. The van der Waals surface area contributed by atoms with Crippen molar-refractivity contribution in [1.29, 1.82) is 0 Å². The number of nitrogens with zero attached hydrogens (tertiary/aromatic N) is 2. The fourth-order valence-corrected chi connectivity index (χ4v) is 3.34. The Labute approximate surface area is 137 Å². The van der Waals surface area contributed by atoms with Gasteiger partial charge < -0.3 is 5.32 Å². The summed E-state index contributed by atoms with van der Waals surface area (Å²) in [5, 5.41) is 20.0. The fourth-order valence-electron chi connectivity index (χ4n) is 1.94. The lowest BCUT2D eigenvalue weighted by Gasteiger charge is -2.13. The number of primary sulfonamides is 1. The molecule has 0 fully saturated rings. The molecule has 8 nitrogen and oxygen atoms in total. The highest BCUT2D eigenvalue weighted by atomic mass is 32.2. The highest BCUT2D eigenvalue weighted by Gasteiger charge is 2.21. The summed E-state index contributed by atoms with van der Waals surface area (Å²) in [7, 11) is -4.00. The molecule has 0 aliphatic heterocycles. The molecule has 3 N–H and O–H groups in total. The zero-order chi connectivity index (χ0) is 17.2. The van der Waals surface area contributed by atoms with E-state index in [0.29, 0.717) is 0 Å². The topological polar surface area (TPSA) is 128 Å². The van der Waals surface area contributed by atoms with Gasteiger partial charge in [-0.1, -0.05) is 6.92 Å². The van der Waals surface area contributed by atoms with Gasteiger partial charge in [0.2, 0.25) is 10.0 Å². The third-order valence-electron chi connectivity index (χ3n) is 3.16. The minimum absolute atomic E-state index is 0.211. The van der Waals surface area contributed by atoms with Crippen LogP contribution in [0.25, 0.3) is 0 Å². The normalized spacial score (nSPS) is 12.8.